The van der Waals surface area contributed by atoms with Crippen LogP contribution in [-0.4, -0.2) is 0 Å². The fourth-order valence-electron chi connectivity index (χ4n) is 7.56. The van der Waals surface area contributed by atoms with E-state index in [1.54, 1.807) is 0 Å². The van der Waals surface area contributed by atoms with Crippen LogP contribution in [0, 0.1) is 0 Å². The second-order valence-electron chi connectivity index (χ2n) is 13.4. The average molecular weight is 649 g/mol. The smallest absolute Gasteiger partial charge is 0.135 e. The highest BCUT2D eigenvalue weighted by atomic mass is 16.5. The van der Waals surface area contributed by atoms with Gasteiger partial charge in [-0.2, -0.15) is 0 Å². The van der Waals surface area contributed by atoms with Crippen molar-refractivity contribution < 1.29 is 4.74 Å². The Hall–Kier alpha value is -6.70. The van der Waals surface area contributed by atoms with Crippen molar-refractivity contribution in [1.82, 2.24) is 0 Å². The van der Waals surface area contributed by atoms with Crippen molar-refractivity contribution in [3.63, 3.8) is 0 Å². The van der Waals surface area contributed by atoms with E-state index in [4.69, 9.17) is 4.74 Å². The molecule has 0 spiro atoms. The van der Waals surface area contributed by atoms with Crippen LogP contribution in [0.2, 0.25) is 0 Å². The summed E-state index contributed by atoms with van der Waals surface area (Å²) in [7, 11) is 0. The Morgan fingerprint density at radius 1 is 0.216 bits per heavy atom. The van der Waals surface area contributed by atoms with Gasteiger partial charge in [-0.15, -0.1) is 0 Å². The molecule has 1 aliphatic heterocycles. The van der Waals surface area contributed by atoms with E-state index in [2.05, 4.69) is 194 Å². The minimum Gasteiger partial charge on any atom is -0.456 e. The maximum absolute atomic E-state index is 6.72. The highest BCUT2D eigenvalue weighted by Gasteiger charge is 2.22. The summed E-state index contributed by atoms with van der Waals surface area (Å²) in [4.78, 5) is 0. The summed E-state index contributed by atoms with van der Waals surface area (Å²) in [5.74, 6) is 1.73. The Morgan fingerprint density at radius 2 is 0.529 bits per heavy atom. The third-order valence-corrected chi connectivity index (χ3v) is 10.2. The van der Waals surface area contributed by atoms with Gasteiger partial charge in [-0.25, -0.2) is 0 Å². The SMILES string of the molecule is c1ccc(-c2ccc3cc(-c4ccc5c(c4)-c4ccccc4-c4cc(-c6ccc7cc(-c8ccccc8)ccc7c6)ccc4O5)ccc3c2)cc1. The van der Waals surface area contributed by atoms with Crippen LogP contribution in [0.25, 0.3) is 88.3 Å². The summed E-state index contributed by atoms with van der Waals surface area (Å²) >= 11 is 0. The number of ether oxygens (including phenoxy) is 1. The average Bonchev–Trinajstić information content (AvgIpc) is 3.34. The second kappa shape index (κ2) is 12.0. The molecule has 238 valence electrons. The highest BCUT2D eigenvalue weighted by molar-refractivity contribution is 5.96. The van der Waals surface area contributed by atoms with Crippen LogP contribution in [0.15, 0.2) is 194 Å². The molecule has 0 aliphatic carbocycles. The minimum atomic E-state index is 0.867. The predicted molar refractivity (Wildman–Crippen MR) is 214 cm³/mol. The lowest BCUT2D eigenvalue weighted by Crippen LogP contribution is -1.88. The van der Waals surface area contributed by atoms with E-state index in [9.17, 15) is 0 Å². The van der Waals surface area contributed by atoms with E-state index >= 15 is 0 Å². The van der Waals surface area contributed by atoms with Gasteiger partial charge in [-0.1, -0.05) is 146 Å². The van der Waals surface area contributed by atoms with Gasteiger partial charge in [0.2, 0.25) is 0 Å². The first kappa shape index (κ1) is 29.2. The van der Waals surface area contributed by atoms with Crippen LogP contribution >= 0.6 is 0 Å². The van der Waals surface area contributed by atoms with E-state index in [0.717, 1.165) is 22.6 Å². The maximum atomic E-state index is 6.72. The van der Waals surface area contributed by atoms with E-state index in [1.807, 2.05) is 0 Å². The molecule has 51 heavy (non-hydrogen) atoms. The standard InChI is InChI=1S/C50H32O/c1-3-9-33(10-4-1)35-15-17-39-29-41(21-19-37(39)27-35)43-23-25-49-47(31-43)45-13-7-8-14-46(45)48-32-44(24-26-50(48)51-49)42-22-20-38-28-36(16-18-40(38)30-42)34-11-5-2-6-12-34/h1-32H. The van der Waals surface area contributed by atoms with Crippen molar-refractivity contribution in [2.45, 2.75) is 0 Å². The second-order valence-corrected chi connectivity index (χ2v) is 13.4. The molecule has 1 nitrogen and oxygen atoms in total. The molecule has 0 unspecified atom stereocenters. The molecule has 0 saturated heterocycles. The third-order valence-electron chi connectivity index (χ3n) is 10.2. The minimum absolute atomic E-state index is 0.867. The van der Waals surface area contributed by atoms with Crippen LogP contribution in [0.4, 0.5) is 0 Å². The molecular formula is C50H32O. The van der Waals surface area contributed by atoms with Crippen LogP contribution < -0.4 is 4.74 Å². The lowest BCUT2D eigenvalue weighted by molar-refractivity contribution is 0.488. The fraction of sp³-hybridized carbons (Fsp3) is 0. The Bertz CT molecular complexity index is 2570. The largest absolute Gasteiger partial charge is 0.456 e. The molecule has 1 heteroatoms. The van der Waals surface area contributed by atoms with Crippen molar-refractivity contribution in [1.29, 1.82) is 0 Å². The molecule has 0 bridgehead atoms. The first-order valence-corrected chi connectivity index (χ1v) is 17.5. The van der Waals surface area contributed by atoms with Gasteiger partial charge in [-0.3, -0.25) is 0 Å². The number of hydrogen-bond acceptors (Lipinski definition) is 1. The molecule has 9 aromatic carbocycles. The van der Waals surface area contributed by atoms with Gasteiger partial charge in [0.05, 0.1) is 0 Å². The summed E-state index contributed by atoms with van der Waals surface area (Å²) in [5, 5.41) is 4.92. The lowest BCUT2D eigenvalue weighted by Gasteiger charge is -2.13. The van der Waals surface area contributed by atoms with Crippen LogP contribution in [-0.2, 0) is 0 Å². The molecule has 0 atom stereocenters. The van der Waals surface area contributed by atoms with E-state index in [1.165, 1.54) is 77.2 Å². The van der Waals surface area contributed by atoms with Gasteiger partial charge in [-0.05, 0) is 126 Å². The number of rotatable bonds is 4. The monoisotopic (exact) mass is 648 g/mol. The van der Waals surface area contributed by atoms with Gasteiger partial charge in [0.25, 0.3) is 0 Å². The molecule has 0 amide bonds. The van der Waals surface area contributed by atoms with Crippen LogP contribution in [0.1, 0.15) is 0 Å². The third kappa shape index (κ3) is 5.28. The summed E-state index contributed by atoms with van der Waals surface area (Å²) < 4.78 is 6.72. The van der Waals surface area contributed by atoms with Crippen molar-refractivity contribution >= 4 is 21.5 Å². The van der Waals surface area contributed by atoms with Gasteiger partial charge >= 0.3 is 0 Å². The zero-order valence-electron chi connectivity index (χ0n) is 27.9. The molecule has 1 heterocycles. The first-order chi connectivity index (χ1) is 25.2. The molecule has 10 rings (SSSR count). The van der Waals surface area contributed by atoms with E-state index in [0.29, 0.717) is 0 Å². The van der Waals surface area contributed by atoms with Crippen molar-refractivity contribution in [2.24, 2.45) is 0 Å². The zero-order chi connectivity index (χ0) is 33.7. The molecule has 0 fully saturated rings. The van der Waals surface area contributed by atoms with Gasteiger partial charge in [0.1, 0.15) is 11.5 Å². The quantitative estimate of drug-likeness (QED) is 0.185. The maximum Gasteiger partial charge on any atom is 0.135 e. The van der Waals surface area contributed by atoms with Crippen LogP contribution in [0.3, 0.4) is 0 Å². The molecule has 1 aliphatic rings. The zero-order valence-corrected chi connectivity index (χ0v) is 27.9. The van der Waals surface area contributed by atoms with E-state index in [-0.39, 0.29) is 0 Å². The summed E-state index contributed by atoms with van der Waals surface area (Å²) in [5.41, 5.74) is 14.2. The van der Waals surface area contributed by atoms with E-state index < -0.39 is 0 Å². The molecule has 9 aromatic rings. The fourth-order valence-corrected chi connectivity index (χ4v) is 7.56. The molecule has 0 aromatic heterocycles. The predicted octanol–water partition coefficient (Wildman–Crippen LogP) is 14.1. The summed E-state index contributed by atoms with van der Waals surface area (Å²) in [6.07, 6.45) is 0. The summed E-state index contributed by atoms with van der Waals surface area (Å²) in [6.45, 7) is 0. The number of benzene rings is 9. The van der Waals surface area contributed by atoms with Crippen LogP contribution in [0.5, 0.6) is 11.5 Å². The lowest BCUT2D eigenvalue weighted by atomic mass is 9.90. The Kier molecular flexibility index (Phi) is 6.89. The molecule has 0 radical (unpaired) electrons. The molecular weight excluding hydrogens is 617 g/mol. The molecule has 0 saturated carbocycles. The van der Waals surface area contributed by atoms with Gasteiger partial charge in [0.15, 0.2) is 0 Å². The topological polar surface area (TPSA) is 9.23 Å². The Labute approximate surface area is 297 Å². The normalized spacial score (nSPS) is 11.7. The Balaban J connectivity index is 1.01. The highest BCUT2D eigenvalue weighted by Crippen LogP contribution is 2.49. The Morgan fingerprint density at radius 3 is 0.922 bits per heavy atom. The van der Waals surface area contributed by atoms with Crippen molar-refractivity contribution in [3.05, 3.63) is 194 Å². The summed E-state index contributed by atoms with van der Waals surface area (Å²) in [6, 6.07) is 70.0. The first-order valence-electron chi connectivity index (χ1n) is 17.5. The number of hydrogen-bond donors (Lipinski definition) is 0. The number of fused-ring (bicyclic) bond motifs is 7. The van der Waals surface area contributed by atoms with Crippen molar-refractivity contribution in [2.75, 3.05) is 0 Å². The molecule has 0 N–H and O–H groups in total. The van der Waals surface area contributed by atoms with Crippen molar-refractivity contribution in [3.8, 4) is 78.3 Å². The van der Waals surface area contributed by atoms with Gasteiger partial charge < -0.3 is 4.74 Å². The van der Waals surface area contributed by atoms with Gasteiger partial charge in [0, 0.05) is 11.1 Å².